The summed E-state index contributed by atoms with van der Waals surface area (Å²) in [6, 6.07) is 1.94. The number of hydrogen-bond donors (Lipinski definition) is 1. The third kappa shape index (κ3) is 2.63. The molecule has 7 heteroatoms. The largest absolute Gasteiger partial charge is 0.298 e. The molecule has 0 aromatic carbocycles. The van der Waals surface area contributed by atoms with Gasteiger partial charge in [0.05, 0.1) is 22.3 Å². The molecule has 6 nitrogen and oxygen atoms in total. The maximum atomic E-state index is 13.0. The molecule has 1 N–H and O–H groups in total. The van der Waals surface area contributed by atoms with Crippen molar-refractivity contribution < 1.29 is 4.79 Å². The topological polar surface area (TPSA) is 72.7 Å². The molecular formula is C18H19N5OS. The van der Waals surface area contributed by atoms with Gasteiger partial charge >= 0.3 is 0 Å². The summed E-state index contributed by atoms with van der Waals surface area (Å²) >= 11 is 1.50. The number of rotatable bonds is 4. The van der Waals surface area contributed by atoms with Gasteiger partial charge < -0.3 is 0 Å². The summed E-state index contributed by atoms with van der Waals surface area (Å²) in [7, 11) is 1.88. The molecule has 0 aliphatic heterocycles. The van der Waals surface area contributed by atoms with E-state index in [9.17, 15) is 4.79 Å². The highest BCUT2D eigenvalue weighted by Crippen LogP contribution is 2.42. The minimum Gasteiger partial charge on any atom is -0.298 e. The SMILES string of the molecule is Cc1nn(C)c2nc(C3CC3)cc(C(=O)Nc3nc(C4CC4)cs3)c12. The second kappa shape index (κ2) is 5.36. The van der Waals surface area contributed by atoms with E-state index in [1.165, 1.54) is 24.2 Å². The van der Waals surface area contributed by atoms with Crippen LogP contribution in [-0.4, -0.2) is 25.7 Å². The Morgan fingerprint density at radius 3 is 2.64 bits per heavy atom. The highest BCUT2D eigenvalue weighted by Gasteiger charge is 2.29. The molecule has 2 aliphatic carbocycles. The van der Waals surface area contributed by atoms with Crippen molar-refractivity contribution in [1.82, 2.24) is 19.7 Å². The molecule has 5 rings (SSSR count). The minimum absolute atomic E-state index is 0.123. The van der Waals surface area contributed by atoms with Crippen molar-refractivity contribution in [3.05, 3.63) is 34.1 Å². The van der Waals surface area contributed by atoms with E-state index < -0.39 is 0 Å². The number of nitrogens with zero attached hydrogens (tertiary/aromatic N) is 4. The lowest BCUT2D eigenvalue weighted by molar-refractivity contribution is 0.102. The van der Waals surface area contributed by atoms with E-state index in [0.29, 0.717) is 22.5 Å². The third-order valence-corrected chi connectivity index (χ3v) is 5.74. The maximum Gasteiger partial charge on any atom is 0.258 e. The second-order valence-electron chi connectivity index (χ2n) is 7.08. The zero-order valence-corrected chi connectivity index (χ0v) is 15.1. The predicted molar refractivity (Wildman–Crippen MR) is 97.3 cm³/mol. The Hall–Kier alpha value is -2.28. The molecule has 3 heterocycles. The van der Waals surface area contributed by atoms with Crippen LogP contribution < -0.4 is 5.32 Å². The maximum absolute atomic E-state index is 13.0. The number of thiazole rings is 1. The van der Waals surface area contributed by atoms with Gasteiger partial charge in [-0.3, -0.25) is 14.8 Å². The van der Waals surface area contributed by atoms with Gasteiger partial charge in [0.25, 0.3) is 5.91 Å². The van der Waals surface area contributed by atoms with Gasteiger partial charge in [0.1, 0.15) is 0 Å². The van der Waals surface area contributed by atoms with Crippen LogP contribution in [0.25, 0.3) is 11.0 Å². The van der Waals surface area contributed by atoms with E-state index in [4.69, 9.17) is 4.98 Å². The van der Waals surface area contributed by atoms with Gasteiger partial charge in [0, 0.05) is 30.0 Å². The molecule has 2 saturated carbocycles. The van der Waals surface area contributed by atoms with Gasteiger partial charge in [-0.1, -0.05) is 0 Å². The Morgan fingerprint density at radius 1 is 1.20 bits per heavy atom. The number of carbonyl (C=O) groups is 1. The first-order chi connectivity index (χ1) is 12.1. The van der Waals surface area contributed by atoms with Gasteiger partial charge in [0.15, 0.2) is 10.8 Å². The van der Waals surface area contributed by atoms with Crippen LogP contribution in [0.1, 0.15) is 65.0 Å². The molecule has 2 fully saturated rings. The number of fused-ring (bicyclic) bond motifs is 1. The number of aromatic nitrogens is 4. The van der Waals surface area contributed by atoms with E-state index in [2.05, 4.69) is 20.8 Å². The molecule has 0 spiro atoms. The molecule has 3 aromatic rings. The van der Waals surface area contributed by atoms with Crippen molar-refractivity contribution in [2.45, 2.75) is 44.4 Å². The van der Waals surface area contributed by atoms with Crippen molar-refractivity contribution in [3.8, 4) is 0 Å². The van der Waals surface area contributed by atoms with Crippen molar-refractivity contribution >= 4 is 33.4 Å². The molecule has 2 aliphatic rings. The highest BCUT2D eigenvalue weighted by molar-refractivity contribution is 7.14. The van der Waals surface area contributed by atoms with E-state index in [1.54, 1.807) is 4.68 Å². The first-order valence-corrected chi connectivity index (χ1v) is 9.59. The monoisotopic (exact) mass is 353 g/mol. The highest BCUT2D eigenvalue weighted by atomic mass is 32.1. The van der Waals surface area contributed by atoms with Crippen molar-refractivity contribution in [2.24, 2.45) is 7.05 Å². The second-order valence-corrected chi connectivity index (χ2v) is 7.94. The van der Waals surface area contributed by atoms with Crippen LogP contribution in [0.5, 0.6) is 0 Å². The van der Waals surface area contributed by atoms with Crippen LogP contribution in [0.3, 0.4) is 0 Å². The number of pyridine rings is 1. The number of aryl methyl sites for hydroxylation is 2. The fraction of sp³-hybridized carbons (Fsp3) is 0.444. The Bertz CT molecular complexity index is 996. The summed E-state index contributed by atoms with van der Waals surface area (Å²) < 4.78 is 1.77. The summed E-state index contributed by atoms with van der Waals surface area (Å²) in [6.07, 6.45) is 4.71. The summed E-state index contributed by atoms with van der Waals surface area (Å²) in [5.41, 5.74) is 4.37. The summed E-state index contributed by atoms with van der Waals surface area (Å²) in [5, 5.41) is 11.0. The first kappa shape index (κ1) is 15.0. The summed E-state index contributed by atoms with van der Waals surface area (Å²) in [4.78, 5) is 22.3. The third-order valence-electron chi connectivity index (χ3n) is 4.97. The van der Waals surface area contributed by atoms with Crippen LogP contribution in [-0.2, 0) is 7.05 Å². The van der Waals surface area contributed by atoms with Crippen LogP contribution in [0.4, 0.5) is 5.13 Å². The molecule has 0 bridgehead atoms. The number of amides is 1. The van der Waals surface area contributed by atoms with Crippen LogP contribution >= 0.6 is 11.3 Å². The lowest BCUT2D eigenvalue weighted by Crippen LogP contribution is -2.13. The smallest absolute Gasteiger partial charge is 0.258 e. The van der Waals surface area contributed by atoms with E-state index in [1.807, 2.05) is 20.0 Å². The fourth-order valence-electron chi connectivity index (χ4n) is 3.31. The Balaban J connectivity index is 1.54. The lowest BCUT2D eigenvalue weighted by Gasteiger charge is -2.07. The first-order valence-electron chi connectivity index (χ1n) is 8.71. The standard InChI is InChI=1S/C18H19N5OS/c1-9-15-12(7-13(10-3-4-10)19-16(15)23(2)22-9)17(24)21-18-20-14(8-25-18)11-5-6-11/h7-8,10-11H,3-6H2,1-2H3,(H,20,21,24). The number of hydrogen-bond acceptors (Lipinski definition) is 5. The quantitative estimate of drug-likeness (QED) is 0.775. The normalized spacial score (nSPS) is 17.2. The number of anilines is 1. The van der Waals surface area contributed by atoms with Crippen LogP contribution in [0.2, 0.25) is 0 Å². The Labute approximate surface area is 149 Å². The van der Waals surface area contributed by atoms with Crippen LogP contribution in [0, 0.1) is 6.92 Å². The van der Waals surface area contributed by atoms with E-state index in [-0.39, 0.29) is 5.91 Å². The molecule has 3 aromatic heterocycles. The van der Waals surface area contributed by atoms with Crippen LogP contribution in [0.15, 0.2) is 11.4 Å². The Kier molecular flexibility index (Phi) is 3.22. The molecule has 0 atom stereocenters. The molecule has 0 unspecified atom stereocenters. The number of carbonyl (C=O) groups excluding carboxylic acids is 1. The minimum atomic E-state index is -0.123. The predicted octanol–water partition coefficient (Wildman–Crippen LogP) is 3.74. The van der Waals surface area contributed by atoms with E-state index >= 15 is 0 Å². The molecular weight excluding hydrogens is 334 g/mol. The van der Waals surface area contributed by atoms with E-state index in [0.717, 1.165) is 41.0 Å². The fourth-order valence-corrected chi connectivity index (χ4v) is 4.09. The zero-order valence-electron chi connectivity index (χ0n) is 14.2. The average Bonchev–Trinajstić information content (AvgIpc) is 3.52. The lowest BCUT2D eigenvalue weighted by atomic mass is 10.1. The number of nitrogens with one attached hydrogen (secondary N) is 1. The van der Waals surface area contributed by atoms with Gasteiger partial charge in [-0.25, -0.2) is 9.97 Å². The van der Waals surface area contributed by atoms with Gasteiger partial charge in [0.2, 0.25) is 0 Å². The van der Waals surface area contributed by atoms with Gasteiger partial charge in [-0.15, -0.1) is 11.3 Å². The molecule has 0 saturated heterocycles. The van der Waals surface area contributed by atoms with Gasteiger partial charge in [-0.05, 0) is 38.7 Å². The Morgan fingerprint density at radius 2 is 1.92 bits per heavy atom. The molecule has 0 radical (unpaired) electrons. The molecule has 25 heavy (non-hydrogen) atoms. The summed E-state index contributed by atoms with van der Waals surface area (Å²) in [6.45, 7) is 1.92. The van der Waals surface area contributed by atoms with Gasteiger partial charge in [-0.2, -0.15) is 5.10 Å². The van der Waals surface area contributed by atoms with Crippen molar-refractivity contribution in [1.29, 1.82) is 0 Å². The zero-order chi connectivity index (χ0) is 17.1. The molecule has 128 valence electrons. The summed E-state index contributed by atoms with van der Waals surface area (Å²) in [5.74, 6) is 0.950. The van der Waals surface area contributed by atoms with Crippen molar-refractivity contribution in [2.75, 3.05) is 5.32 Å². The molecule has 1 amide bonds. The average molecular weight is 353 g/mol. The van der Waals surface area contributed by atoms with Crippen molar-refractivity contribution in [3.63, 3.8) is 0 Å².